The summed E-state index contributed by atoms with van der Waals surface area (Å²) in [6, 6.07) is 0. The lowest BCUT2D eigenvalue weighted by molar-refractivity contribution is 0.0695. The highest BCUT2D eigenvalue weighted by Gasteiger charge is 2.16. The van der Waals surface area contributed by atoms with Gasteiger partial charge in [-0.15, -0.1) is 0 Å². The maximum absolute atomic E-state index is 10.9. The molecule has 1 rings (SSSR count). The van der Waals surface area contributed by atoms with Crippen LogP contribution >= 0.6 is 11.8 Å². The molecule has 1 aromatic rings. The van der Waals surface area contributed by atoms with Crippen LogP contribution in [0.4, 0.5) is 0 Å². The molecule has 0 fully saturated rings. The van der Waals surface area contributed by atoms with Gasteiger partial charge in [0.1, 0.15) is 5.56 Å². The largest absolute Gasteiger partial charge is 0.478 e. The maximum atomic E-state index is 10.9. The van der Waals surface area contributed by atoms with Crippen LogP contribution in [0.1, 0.15) is 28.7 Å². The van der Waals surface area contributed by atoms with E-state index in [-0.39, 0.29) is 0 Å². The maximum Gasteiger partial charge on any atom is 0.339 e. The first-order valence-corrected chi connectivity index (χ1v) is 6.08. The molecule has 15 heavy (non-hydrogen) atoms. The molecule has 0 bridgehead atoms. The van der Waals surface area contributed by atoms with Crippen LogP contribution in [0.25, 0.3) is 0 Å². The van der Waals surface area contributed by atoms with E-state index in [4.69, 9.17) is 5.11 Å². The first-order valence-electron chi connectivity index (χ1n) is 4.93. The van der Waals surface area contributed by atoms with Crippen LogP contribution < -0.4 is 0 Å². The Balaban J connectivity index is 2.82. The van der Waals surface area contributed by atoms with Crippen LogP contribution in [0.15, 0.2) is 0 Å². The van der Waals surface area contributed by atoms with E-state index in [1.165, 1.54) is 0 Å². The predicted octanol–water partition coefficient (Wildman–Crippen LogP) is 1.95. The van der Waals surface area contributed by atoms with Crippen LogP contribution in [-0.4, -0.2) is 32.4 Å². The minimum absolute atomic E-state index is 0.344. The zero-order valence-corrected chi connectivity index (χ0v) is 10.1. The number of thioether (sulfide) groups is 1. The molecular weight excluding hydrogens is 212 g/mol. The lowest BCUT2D eigenvalue weighted by Gasteiger charge is -2.03. The van der Waals surface area contributed by atoms with Crippen molar-refractivity contribution in [1.82, 2.24) is 9.78 Å². The number of aromatic nitrogens is 2. The summed E-state index contributed by atoms with van der Waals surface area (Å²) in [7, 11) is 0. The van der Waals surface area contributed by atoms with Crippen molar-refractivity contribution < 1.29 is 9.90 Å². The fraction of sp³-hybridized carbons (Fsp3) is 0.600. The lowest BCUT2D eigenvalue weighted by atomic mass is 10.2. The zero-order valence-electron chi connectivity index (χ0n) is 9.28. The number of carboxylic acids is 1. The number of carboxylic acid groups (broad SMARTS) is 1. The summed E-state index contributed by atoms with van der Waals surface area (Å²) in [4.78, 5) is 10.9. The van der Waals surface area contributed by atoms with Gasteiger partial charge in [0, 0.05) is 5.75 Å². The Hall–Kier alpha value is -0.970. The molecule has 0 spiro atoms. The molecule has 1 heterocycles. The Kier molecular flexibility index (Phi) is 4.20. The van der Waals surface area contributed by atoms with Gasteiger partial charge in [0.05, 0.1) is 17.9 Å². The third-order valence-corrected chi connectivity index (χ3v) is 3.13. The quantitative estimate of drug-likeness (QED) is 0.783. The number of aryl methyl sites for hydroxylation is 2. The van der Waals surface area contributed by atoms with E-state index < -0.39 is 5.97 Å². The minimum Gasteiger partial charge on any atom is -0.478 e. The van der Waals surface area contributed by atoms with E-state index in [0.29, 0.717) is 11.3 Å². The Morgan fingerprint density at radius 2 is 2.20 bits per heavy atom. The highest BCUT2D eigenvalue weighted by Crippen LogP contribution is 2.13. The highest BCUT2D eigenvalue weighted by molar-refractivity contribution is 7.99. The minimum atomic E-state index is -0.889. The van der Waals surface area contributed by atoms with Crippen molar-refractivity contribution in [3.8, 4) is 0 Å². The monoisotopic (exact) mass is 228 g/mol. The standard InChI is InChI=1S/C10H16N2O2S/c1-4-15-6-5-12-8(3)9(10(13)14)7(2)11-12/h4-6H2,1-3H3,(H,13,14). The fourth-order valence-electron chi connectivity index (χ4n) is 1.52. The summed E-state index contributed by atoms with van der Waals surface area (Å²) >= 11 is 1.83. The molecule has 0 atom stereocenters. The molecular formula is C10H16N2O2S. The van der Waals surface area contributed by atoms with E-state index in [1.54, 1.807) is 18.5 Å². The Morgan fingerprint density at radius 3 is 2.67 bits per heavy atom. The molecule has 0 aliphatic carbocycles. The van der Waals surface area contributed by atoms with E-state index in [0.717, 1.165) is 23.7 Å². The Bertz CT molecular complexity index is 361. The summed E-state index contributed by atoms with van der Waals surface area (Å²) in [5.74, 6) is 1.15. The normalized spacial score (nSPS) is 10.6. The van der Waals surface area contributed by atoms with E-state index >= 15 is 0 Å². The van der Waals surface area contributed by atoms with Crippen molar-refractivity contribution in [3.63, 3.8) is 0 Å². The van der Waals surface area contributed by atoms with Gasteiger partial charge in [0.2, 0.25) is 0 Å². The van der Waals surface area contributed by atoms with E-state index in [9.17, 15) is 4.79 Å². The number of hydrogen-bond acceptors (Lipinski definition) is 3. The van der Waals surface area contributed by atoms with E-state index in [2.05, 4.69) is 12.0 Å². The van der Waals surface area contributed by atoms with Gasteiger partial charge in [-0.1, -0.05) is 6.92 Å². The summed E-state index contributed by atoms with van der Waals surface area (Å²) < 4.78 is 1.78. The molecule has 0 aliphatic rings. The topological polar surface area (TPSA) is 55.1 Å². The van der Waals surface area contributed by atoms with Gasteiger partial charge in [0.15, 0.2) is 0 Å². The number of carbonyl (C=O) groups is 1. The van der Waals surface area contributed by atoms with Gasteiger partial charge >= 0.3 is 5.97 Å². The molecule has 0 radical (unpaired) electrons. The summed E-state index contributed by atoms with van der Waals surface area (Å²) in [5, 5.41) is 13.2. The first-order chi connectivity index (χ1) is 7.07. The molecule has 0 saturated heterocycles. The Labute approximate surface area is 93.7 Å². The fourth-order valence-corrected chi connectivity index (χ4v) is 2.11. The Morgan fingerprint density at radius 1 is 1.53 bits per heavy atom. The summed E-state index contributed by atoms with van der Waals surface area (Å²) in [5.41, 5.74) is 1.69. The molecule has 0 aromatic carbocycles. The van der Waals surface area contributed by atoms with Gasteiger partial charge in [0.25, 0.3) is 0 Å². The molecule has 5 heteroatoms. The molecule has 0 saturated carbocycles. The number of rotatable bonds is 5. The van der Waals surface area contributed by atoms with Crippen LogP contribution in [0, 0.1) is 13.8 Å². The van der Waals surface area contributed by atoms with Gasteiger partial charge in [-0.2, -0.15) is 16.9 Å². The van der Waals surface area contributed by atoms with Crippen LogP contribution in [0.2, 0.25) is 0 Å². The van der Waals surface area contributed by atoms with Crippen molar-refractivity contribution in [2.75, 3.05) is 11.5 Å². The number of nitrogens with zero attached hydrogens (tertiary/aromatic N) is 2. The van der Waals surface area contributed by atoms with Gasteiger partial charge in [-0.25, -0.2) is 4.79 Å². The molecule has 1 N–H and O–H groups in total. The van der Waals surface area contributed by atoms with Crippen molar-refractivity contribution in [2.45, 2.75) is 27.3 Å². The van der Waals surface area contributed by atoms with Crippen LogP contribution in [0.5, 0.6) is 0 Å². The second-order valence-corrected chi connectivity index (χ2v) is 4.66. The zero-order chi connectivity index (χ0) is 11.4. The van der Waals surface area contributed by atoms with Crippen LogP contribution in [-0.2, 0) is 6.54 Å². The average molecular weight is 228 g/mol. The third-order valence-electron chi connectivity index (χ3n) is 2.25. The highest BCUT2D eigenvalue weighted by atomic mass is 32.2. The number of aromatic carboxylic acids is 1. The van der Waals surface area contributed by atoms with Gasteiger partial charge < -0.3 is 5.11 Å². The second kappa shape index (κ2) is 5.21. The summed E-state index contributed by atoms with van der Waals surface area (Å²) in [6.45, 7) is 6.42. The van der Waals surface area contributed by atoms with Crippen molar-refractivity contribution in [1.29, 1.82) is 0 Å². The molecule has 84 valence electrons. The molecule has 1 aromatic heterocycles. The van der Waals surface area contributed by atoms with E-state index in [1.807, 2.05) is 11.8 Å². The number of hydrogen-bond donors (Lipinski definition) is 1. The lowest BCUT2D eigenvalue weighted by Crippen LogP contribution is -2.06. The summed E-state index contributed by atoms with van der Waals surface area (Å²) in [6.07, 6.45) is 0. The second-order valence-electron chi connectivity index (χ2n) is 3.27. The molecule has 0 unspecified atom stereocenters. The van der Waals surface area contributed by atoms with Gasteiger partial charge in [-0.05, 0) is 19.6 Å². The van der Waals surface area contributed by atoms with Crippen molar-refractivity contribution >= 4 is 17.7 Å². The molecule has 0 amide bonds. The SMILES string of the molecule is CCSCCn1nc(C)c(C(=O)O)c1C. The van der Waals surface area contributed by atoms with Crippen LogP contribution in [0.3, 0.4) is 0 Å². The first kappa shape index (κ1) is 12.1. The smallest absolute Gasteiger partial charge is 0.339 e. The molecule has 0 aliphatic heterocycles. The average Bonchev–Trinajstić information content (AvgIpc) is 2.42. The van der Waals surface area contributed by atoms with Crippen molar-refractivity contribution in [3.05, 3.63) is 17.0 Å². The van der Waals surface area contributed by atoms with Gasteiger partial charge in [-0.3, -0.25) is 4.68 Å². The molecule has 4 nitrogen and oxygen atoms in total. The van der Waals surface area contributed by atoms with Crippen molar-refractivity contribution in [2.24, 2.45) is 0 Å². The third kappa shape index (κ3) is 2.75. The predicted molar refractivity (Wildman–Crippen MR) is 61.7 cm³/mol.